The Balaban J connectivity index is 4.44. The molecule has 3 N–H and O–H groups in total. The normalized spacial score (nSPS) is 11.6. The summed E-state index contributed by atoms with van der Waals surface area (Å²) >= 11 is 0. The second-order valence-corrected chi connectivity index (χ2v) is 11.7. The number of nitrogens with zero attached hydrogens (tertiary/aromatic N) is 1. The predicted molar refractivity (Wildman–Crippen MR) is 159 cm³/mol. The van der Waals surface area contributed by atoms with Crippen molar-refractivity contribution < 1.29 is 34.2 Å². The molecule has 7 nitrogen and oxygen atoms in total. The molecule has 0 radical (unpaired) electrons. The van der Waals surface area contributed by atoms with Crippen molar-refractivity contribution in [3.05, 3.63) is 0 Å². The molecule has 0 bridgehead atoms. The Labute approximate surface area is 239 Å². The molecule has 0 spiro atoms. The number of quaternary nitrogens is 1. The van der Waals surface area contributed by atoms with Gasteiger partial charge in [0.1, 0.15) is 0 Å². The maximum atomic E-state index is 11.0. The molecule has 0 aliphatic rings. The summed E-state index contributed by atoms with van der Waals surface area (Å²) in [5, 5.41) is 27.1. The van der Waals surface area contributed by atoms with Gasteiger partial charge in [0.25, 0.3) is 0 Å². The molecule has 0 aromatic carbocycles. The van der Waals surface area contributed by atoms with Gasteiger partial charge in [-0.25, -0.2) is 0 Å². The third-order valence-electron chi connectivity index (χ3n) is 8.06. The Kier molecular flexibility index (Phi) is 25.5. The summed E-state index contributed by atoms with van der Waals surface area (Å²) in [6.07, 6.45) is 24.9. The molecule has 0 aliphatic heterocycles. The molecule has 0 heterocycles. The first-order chi connectivity index (χ1) is 18.8. The highest BCUT2D eigenvalue weighted by atomic mass is 16.4. The summed E-state index contributed by atoms with van der Waals surface area (Å²) in [4.78, 5) is 33.0. The van der Waals surface area contributed by atoms with Crippen molar-refractivity contribution in [2.24, 2.45) is 0 Å². The Morgan fingerprint density at radius 3 is 0.872 bits per heavy atom. The van der Waals surface area contributed by atoms with E-state index in [4.69, 9.17) is 15.3 Å². The summed E-state index contributed by atoms with van der Waals surface area (Å²) in [6, 6.07) is 0. The summed E-state index contributed by atoms with van der Waals surface area (Å²) in [7, 11) is 0. The van der Waals surface area contributed by atoms with Crippen molar-refractivity contribution in [3.63, 3.8) is 0 Å². The van der Waals surface area contributed by atoms with Crippen molar-refractivity contribution in [1.82, 2.24) is 0 Å². The average Bonchev–Trinajstić information content (AvgIpc) is 2.89. The minimum atomic E-state index is -0.765. The van der Waals surface area contributed by atoms with Gasteiger partial charge in [-0.3, -0.25) is 14.4 Å². The largest absolute Gasteiger partial charge is 0.481 e. The zero-order valence-electron chi connectivity index (χ0n) is 25.3. The molecule has 39 heavy (non-hydrogen) atoms. The number of aliphatic carboxylic acids is 3. The van der Waals surface area contributed by atoms with E-state index in [-0.39, 0.29) is 19.3 Å². The van der Waals surface area contributed by atoms with Crippen LogP contribution < -0.4 is 0 Å². The molecule has 0 unspecified atom stereocenters. The lowest BCUT2D eigenvalue weighted by molar-refractivity contribution is -0.929. The summed E-state index contributed by atoms with van der Waals surface area (Å²) in [5.41, 5.74) is 0. The van der Waals surface area contributed by atoms with Crippen LogP contribution in [0.5, 0.6) is 0 Å². The van der Waals surface area contributed by atoms with E-state index in [1.807, 2.05) is 0 Å². The van der Waals surface area contributed by atoms with E-state index < -0.39 is 17.9 Å². The van der Waals surface area contributed by atoms with Crippen molar-refractivity contribution in [2.75, 3.05) is 26.2 Å². The fourth-order valence-electron chi connectivity index (χ4n) is 5.66. The highest BCUT2D eigenvalue weighted by Gasteiger charge is 2.26. The Hall–Kier alpha value is -1.63. The van der Waals surface area contributed by atoms with Gasteiger partial charge in [0, 0.05) is 19.3 Å². The topological polar surface area (TPSA) is 112 Å². The number of carboxylic acids is 3. The molecule has 0 aliphatic carbocycles. The van der Waals surface area contributed by atoms with Crippen molar-refractivity contribution in [3.8, 4) is 0 Å². The summed E-state index contributed by atoms with van der Waals surface area (Å²) < 4.78 is 0.872. The van der Waals surface area contributed by atoms with Crippen LogP contribution >= 0.6 is 0 Å². The van der Waals surface area contributed by atoms with Crippen LogP contribution in [0.4, 0.5) is 0 Å². The SMILES string of the molecule is CCCCCCCCCCCCCCCCC[N+](CCCCC(=O)O)(CCCCC(=O)O)CCCCC(=O)O. The molecule has 0 atom stereocenters. The zero-order valence-corrected chi connectivity index (χ0v) is 25.3. The van der Waals surface area contributed by atoms with Gasteiger partial charge in [0.2, 0.25) is 0 Å². The Morgan fingerprint density at radius 1 is 0.385 bits per heavy atom. The molecule has 0 saturated heterocycles. The fraction of sp³-hybridized carbons (Fsp3) is 0.906. The first-order valence-electron chi connectivity index (χ1n) is 16.3. The second kappa shape index (κ2) is 26.6. The van der Waals surface area contributed by atoms with E-state index in [1.54, 1.807) is 0 Å². The third kappa shape index (κ3) is 26.4. The van der Waals surface area contributed by atoms with Crippen LogP contribution in [0.3, 0.4) is 0 Å². The van der Waals surface area contributed by atoms with Gasteiger partial charge in [-0.05, 0) is 51.4 Å². The molecule has 0 fully saturated rings. The van der Waals surface area contributed by atoms with Gasteiger partial charge in [0.15, 0.2) is 0 Å². The number of rotatable bonds is 31. The van der Waals surface area contributed by atoms with E-state index in [0.29, 0.717) is 19.3 Å². The second-order valence-electron chi connectivity index (χ2n) is 11.7. The van der Waals surface area contributed by atoms with Crippen molar-refractivity contribution in [1.29, 1.82) is 0 Å². The lowest BCUT2D eigenvalue weighted by Crippen LogP contribution is -2.51. The number of carboxylic acid groups (broad SMARTS) is 3. The van der Waals surface area contributed by atoms with Gasteiger partial charge in [-0.15, -0.1) is 0 Å². The molecule has 230 valence electrons. The molecular formula is C32H62NO6+. The van der Waals surface area contributed by atoms with Crippen LogP contribution in [0.25, 0.3) is 0 Å². The Morgan fingerprint density at radius 2 is 0.615 bits per heavy atom. The lowest BCUT2D eigenvalue weighted by atomic mass is 10.0. The summed E-state index contributed by atoms with van der Waals surface area (Å²) in [6.45, 7) is 5.97. The minimum Gasteiger partial charge on any atom is -0.481 e. The van der Waals surface area contributed by atoms with E-state index in [1.165, 1.54) is 89.9 Å². The third-order valence-corrected chi connectivity index (χ3v) is 8.06. The van der Waals surface area contributed by atoms with Gasteiger partial charge in [-0.1, -0.05) is 90.4 Å². The number of unbranched alkanes of at least 4 members (excludes halogenated alkanes) is 17. The molecule has 0 rings (SSSR count). The predicted octanol–water partition coefficient (Wildman–Crippen LogP) is 8.44. The number of hydrogen-bond donors (Lipinski definition) is 3. The van der Waals surface area contributed by atoms with Crippen LogP contribution in [0.15, 0.2) is 0 Å². The van der Waals surface area contributed by atoms with Crippen molar-refractivity contribution in [2.45, 2.75) is 161 Å². The van der Waals surface area contributed by atoms with Crippen LogP contribution in [0.2, 0.25) is 0 Å². The van der Waals surface area contributed by atoms with E-state index in [2.05, 4.69) is 6.92 Å². The lowest BCUT2D eigenvalue weighted by Gasteiger charge is -2.39. The number of hydrogen-bond acceptors (Lipinski definition) is 3. The first-order valence-corrected chi connectivity index (χ1v) is 16.3. The zero-order chi connectivity index (χ0) is 29.0. The standard InChI is InChI=1S/C32H61NO6/c1-2-3-4-5-6-7-8-9-10-11-12-13-14-15-19-26-33(27-20-16-23-30(34)35,28-21-17-24-31(36)37)29-22-18-25-32(38)39/h2-29H2,1H3,(H2-,34,35,36,37,38,39)/p+1. The van der Waals surface area contributed by atoms with Crippen molar-refractivity contribution >= 4 is 17.9 Å². The molecule has 0 aromatic rings. The van der Waals surface area contributed by atoms with Crippen LogP contribution in [0, 0.1) is 0 Å². The first kappa shape index (κ1) is 37.4. The highest BCUT2D eigenvalue weighted by molar-refractivity contribution is 5.67. The monoisotopic (exact) mass is 556 g/mol. The van der Waals surface area contributed by atoms with E-state index in [9.17, 15) is 14.4 Å². The molecule has 0 amide bonds. The van der Waals surface area contributed by atoms with Gasteiger partial charge < -0.3 is 19.8 Å². The Bertz CT molecular complexity index is 554. The molecular weight excluding hydrogens is 494 g/mol. The van der Waals surface area contributed by atoms with Crippen LogP contribution in [-0.4, -0.2) is 63.9 Å². The number of carbonyl (C=O) groups is 3. The van der Waals surface area contributed by atoms with Gasteiger partial charge in [-0.2, -0.15) is 0 Å². The fourth-order valence-corrected chi connectivity index (χ4v) is 5.66. The minimum absolute atomic E-state index is 0.178. The van der Waals surface area contributed by atoms with Gasteiger partial charge >= 0.3 is 17.9 Å². The smallest absolute Gasteiger partial charge is 0.303 e. The van der Waals surface area contributed by atoms with Gasteiger partial charge in [0.05, 0.1) is 26.2 Å². The maximum absolute atomic E-state index is 11.0. The van der Waals surface area contributed by atoms with E-state index in [0.717, 1.165) is 56.3 Å². The quantitative estimate of drug-likeness (QED) is 0.0583. The average molecular weight is 557 g/mol. The summed E-state index contributed by atoms with van der Waals surface area (Å²) in [5.74, 6) is -2.30. The van der Waals surface area contributed by atoms with Crippen LogP contribution in [0.1, 0.15) is 161 Å². The highest BCUT2D eigenvalue weighted by Crippen LogP contribution is 2.20. The van der Waals surface area contributed by atoms with E-state index >= 15 is 0 Å². The van der Waals surface area contributed by atoms with Crippen LogP contribution in [-0.2, 0) is 14.4 Å². The molecule has 7 heteroatoms. The molecule has 0 aromatic heterocycles. The maximum Gasteiger partial charge on any atom is 0.303 e. The molecule has 0 saturated carbocycles.